The second-order valence-corrected chi connectivity index (χ2v) is 5.64. The number of benzene rings is 2. The van der Waals surface area contributed by atoms with E-state index in [0.717, 1.165) is 12.1 Å². The predicted octanol–water partition coefficient (Wildman–Crippen LogP) is 2.24. The second-order valence-electron chi connectivity index (χ2n) is 3.99. The average molecular weight is 312 g/mol. The number of phenols is 1. The Bertz CT molecular complexity index is 807. The third-order valence-electron chi connectivity index (χ3n) is 2.56. The molecule has 2 aromatic rings. The zero-order chi connectivity index (χ0) is 15.6. The van der Waals surface area contributed by atoms with Crippen molar-refractivity contribution in [2.45, 2.75) is 4.90 Å². The van der Waals surface area contributed by atoms with Crippen LogP contribution in [0.25, 0.3) is 0 Å². The molecule has 0 amide bonds. The van der Waals surface area contributed by atoms with Gasteiger partial charge in [0.2, 0.25) is 0 Å². The van der Waals surface area contributed by atoms with Gasteiger partial charge in [-0.05, 0) is 24.3 Å². The van der Waals surface area contributed by atoms with Gasteiger partial charge < -0.3 is 5.11 Å². The average Bonchev–Trinajstić information content (AvgIpc) is 2.40. The number of nitrogens with zero attached hydrogens (tertiary/aromatic N) is 1. The van der Waals surface area contributed by atoms with Gasteiger partial charge in [-0.15, -0.1) is 0 Å². The Morgan fingerprint density at radius 3 is 2.48 bits per heavy atom. The van der Waals surface area contributed by atoms with Crippen LogP contribution in [0.4, 0.5) is 15.8 Å². The smallest absolute Gasteiger partial charge is 0.292 e. The van der Waals surface area contributed by atoms with E-state index in [1.54, 1.807) is 0 Å². The summed E-state index contributed by atoms with van der Waals surface area (Å²) >= 11 is 0. The maximum Gasteiger partial charge on any atom is 0.292 e. The standard InChI is InChI=1S/C12H9FN2O5S/c13-8-5-6-12(10(7-8)15(17)18)21(19,20)14-9-3-1-2-4-11(9)16/h1-7,14,16H. The van der Waals surface area contributed by atoms with Gasteiger partial charge in [0, 0.05) is 0 Å². The SMILES string of the molecule is O=[N+]([O-])c1cc(F)ccc1S(=O)(=O)Nc1ccccc1O. The normalized spacial score (nSPS) is 11.1. The van der Waals surface area contributed by atoms with Crippen molar-refractivity contribution in [3.63, 3.8) is 0 Å². The number of anilines is 1. The van der Waals surface area contributed by atoms with E-state index in [1.165, 1.54) is 24.3 Å². The van der Waals surface area contributed by atoms with Crippen LogP contribution in [0.2, 0.25) is 0 Å². The third-order valence-corrected chi connectivity index (χ3v) is 3.97. The molecule has 2 aromatic carbocycles. The highest BCUT2D eigenvalue weighted by Crippen LogP contribution is 2.29. The van der Waals surface area contributed by atoms with E-state index in [-0.39, 0.29) is 11.4 Å². The van der Waals surface area contributed by atoms with Crippen LogP contribution in [0, 0.1) is 15.9 Å². The monoisotopic (exact) mass is 312 g/mol. The first-order valence-corrected chi connectivity index (χ1v) is 7.04. The Hall–Kier alpha value is -2.68. The highest BCUT2D eigenvalue weighted by atomic mass is 32.2. The quantitative estimate of drug-likeness (QED) is 0.511. The van der Waals surface area contributed by atoms with Crippen molar-refractivity contribution in [3.8, 4) is 5.75 Å². The zero-order valence-corrected chi connectivity index (χ0v) is 11.2. The number of para-hydroxylation sites is 2. The highest BCUT2D eigenvalue weighted by molar-refractivity contribution is 7.92. The Labute approximate surface area is 118 Å². The molecule has 21 heavy (non-hydrogen) atoms. The summed E-state index contributed by atoms with van der Waals surface area (Å²) in [5, 5.41) is 20.4. The fourth-order valence-corrected chi connectivity index (χ4v) is 2.85. The van der Waals surface area contributed by atoms with E-state index in [0.29, 0.717) is 6.07 Å². The Morgan fingerprint density at radius 2 is 1.86 bits per heavy atom. The number of nitro groups is 1. The Morgan fingerprint density at radius 1 is 1.19 bits per heavy atom. The van der Waals surface area contributed by atoms with Crippen molar-refractivity contribution in [1.82, 2.24) is 0 Å². The van der Waals surface area contributed by atoms with E-state index < -0.39 is 31.3 Å². The lowest BCUT2D eigenvalue weighted by Gasteiger charge is -2.09. The molecule has 110 valence electrons. The first-order chi connectivity index (χ1) is 9.81. The summed E-state index contributed by atoms with van der Waals surface area (Å²) in [6.45, 7) is 0. The van der Waals surface area contributed by atoms with E-state index in [4.69, 9.17) is 0 Å². The molecule has 0 radical (unpaired) electrons. The van der Waals surface area contributed by atoms with E-state index in [2.05, 4.69) is 0 Å². The molecule has 2 rings (SSSR count). The summed E-state index contributed by atoms with van der Waals surface area (Å²) in [7, 11) is -4.35. The number of aromatic hydroxyl groups is 1. The lowest BCUT2D eigenvalue weighted by molar-refractivity contribution is -0.388. The molecule has 7 nitrogen and oxygen atoms in total. The number of hydrogen-bond acceptors (Lipinski definition) is 5. The van der Waals surface area contributed by atoms with Gasteiger partial charge in [-0.25, -0.2) is 12.8 Å². The number of hydrogen-bond donors (Lipinski definition) is 2. The lowest BCUT2D eigenvalue weighted by Crippen LogP contribution is -2.15. The zero-order valence-electron chi connectivity index (χ0n) is 10.4. The highest BCUT2D eigenvalue weighted by Gasteiger charge is 2.27. The van der Waals surface area contributed by atoms with Gasteiger partial charge in [-0.2, -0.15) is 0 Å². The van der Waals surface area contributed by atoms with Crippen molar-refractivity contribution in [1.29, 1.82) is 0 Å². The molecule has 0 bridgehead atoms. The topological polar surface area (TPSA) is 110 Å². The van der Waals surface area contributed by atoms with Crippen molar-refractivity contribution >= 4 is 21.4 Å². The molecule has 0 unspecified atom stereocenters. The summed E-state index contributed by atoms with van der Waals surface area (Å²) in [4.78, 5) is 9.14. The number of sulfonamides is 1. The molecule has 0 aromatic heterocycles. The van der Waals surface area contributed by atoms with Crippen molar-refractivity contribution in [2.75, 3.05) is 4.72 Å². The molecule has 0 spiro atoms. The Kier molecular flexibility index (Phi) is 3.76. The van der Waals surface area contributed by atoms with Gasteiger partial charge in [-0.1, -0.05) is 12.1 Å². The number of nitrogens with one attached hydrogen (secondary N) is 1. The van der Waals surface area contributed by atoms with E-state index >= 15 is 0 Å². The van der Waals surface area contributed by atoms with Crippen LogP contribution in [0.3, 0.4) is 0 Å². The molecule has 9 heteroatoms. The van der Waals surface area contributed by atoms with E-state index in [1.807, 2.05) is 4.72 Å². The van der Waals surface area contributed by atoms with Crippen LogP contribution in [0.5, 0.6) is 5.75 Å². The molecule has 0 saturated carbocycles. The van der Waals surface area contributed by atoms with Crippen LogP contribution in [0.1, 0.15) is 0 Å². The van der Waals surface area contributed by atoms with Crippen LogP contribution in [-0.2, 0) is 10.0 Å². The van der Waals surface area contributed by atoms with Gasteiger partial charge in [0.1, 0.15) is 11.6 Å². The number of rotatable bonds is 4. The molecule has 0 aliphatic carbocycles. The largest absolute Gasteiger partial charge is 0.506 e. The molecule has 0 heterocycles. The van der Waals surface area contributed by atoms with Gasteiger partial charge in [0.25, 0.3) is 15.7 Å². The Balaban J connectivity index is 2.50. The molecule has 0 fully saturated rings. The maximum absolute atomic E-state index is 13.0. The second kappa shape index (κ2) is 5.37. The van der Waals surface area contributed by atoms with Crippen LogP contribution in [0.15, 0.2) is 47.4 Å². The van der Waals surface area contributed by atoms with E-state index in [9.17, 15) is 28.0 Å². The lowest BCUT2D eigenvalue weighted by atomic mass is 10.3. The molecule has 2 N–H and O–H groups in total. The summed E-state index contributed by atoms with van der Waals surface area (Å²) in [6, 6.07) is 7.57. The first-order valence-electron chi connectivity index (χ1n) is 5.56. The van der Waals surface area contributed by atoms with Crippen LogP contribution < -0.4 is 4.72 Å². The number of phenolic OH excluding ortho intramolecular Hbond substituents is 1. The maximum atomic E-state index is 13.0. The van der Waals surface area contributed by atoms with Crippen LogP contribution >= 0.6 is 0 Å². The summed E-state index contributed by atoms with van der Waals surface area (Å²) in [5.74, 6) is -1.27. The summed E-state index contributed by atoms with van der Waals surface area (Å²) < 4.78 is 39.3. The molecule has 0 aliphatic heterocycles. The van der Waals surface area contributed by atoms with Gasteiger partial charge >= 0.3 is 0 Å². The van der Waals surface area contributed by atoms with Gasteiger partial charge in [0.05, 0.1) is 16.7 Å². The minimum atomic E-state index is -4.35. The van der Waals surface area contributed by atoms with Gasteiger partial charge in [-0.3, -0.25) is 14.8 Å². The van der Waals surface area contributed by atoms with Crippen LogP contribution in [-0.4, -0.2) is 18.4 Å². The molecular formula is C12H9FN2O5S. The number of halogens is 1. The van der Waals surface area contributed by atoms with Gasteiger partial charge in [0.15, 0.2) is 4.90 Å². The molecule has 0 atom stereocenters. The number of nitro benzene ring substituents is 1. The third kappa shape index (κ3) is 3.08. The molecule has 0 aliphatic rings. The molecule has 0 saturated heterocycles. The predicted molar refractivity (Wildman–Crippen MR) is 72.0 cm³/mol. The minimum Gasteiger partial charge on any atom is -0.506 e. The first kappa shape index (κ1) is 14.7. The molecular weight excluding hydrogens is 303 g/mol. The fourth-order valence-electron chi connectivity index (χ4n) is 1.62. The van der Waals surface area contributed by atoms with Crippen molar-refractivity contribution < 1.29 is 22.8 Å². The van der Waals surface area contributed by atoms with Crippen molar-refractivity contribution in [2.24, 2.45) is 0 Å². The fraction of sp³-hybridized carbons (Fsp3) is 0. The van der Waals surface area contributed by atoms with Crippen molar-refractivity contribution in [3.05, 3.63) is 58.4 Å². The minimum absolute atomic E-state index is 0.142. The summed E-state index contributed by atoms with van der Waals surface area (Å²) in [5.41, 5.74) is -1.03. The summed E-state index contributed by atoms with van der Waals surface area (Å²) in [6.07, 6.45) is 0.